The van der Waals surface area contributed by atoms with Gasteiger partial charge in [0.1, 0.15) is 11.5 Å². The average Bonchev–Trinajstić information content (AvgIpc) is 3.55. The van der Waals surface area contributed by atoms with Gasteiger partial charge in [0.2, 0.25) is 0 Å². The van der Waals surface area contributed by atoms with Crippen molar-refractivity contribution < 1.29 is 9.13 Å². The van der Waals surface area contributed by atoms with Gasteiger partial charge >= 0.3 is 0 Å². The summed E-state index contributed by atoms with van der Waals surface area (Å²) in [6, 6.07) is 24.9. The molecule has 6 rings (SSSR count). The topological polar surface area (TPSA) is 57.2 Å². The molecule has 0 aliphatic carbocycles. The standard InChI is InChI=1S/C26H20FN5OS/c27-20-12-10-18(11-13-20)14-31-15-21(29-30-31)16-33-17-23-25(19-6-2-1-3-7-19)28-26-32(23)22-8-4-5-9-24(22)34-26/h1-13,15H,14,16-17H2. The van der Waals surface area contributed by atoms with E-state index >= 15 is 0 Å². The fourth-order valence-corrected chi connectivity index (χ4v) is 5.09. The second-order valence-corrected chi connectivity index (χ2v) is 9.00. The van der Waals surface area contributed by atoms with Crippen molar-refractivity contribution in [2.24, 2.45) is 0 Å². The van der Waals surface area contributed by atoms with Crippen LogP contribution in [0.3, 0.4) is 0 Å². The molecule has 0 spiro atoms. The molecule has 3 aromatic heterocycles. The first kappa shape index (κ1) is 20.7. The van der Waals surface area contributed by atoms with Crippen LogP contribution in [-0.4, -0.2) is 24.4 Å². The first-order chi connectivity index (χ1) is 16.7. The van der Waals surface area contributed by atoms with E-state index in [4.69, 9.17) is 9.72 Å². The predicted octanol–water partition coefficient (Wildman–Crippen LogP) is 5.71. The molecule has 0 saturated carbocycles. The first-order valence-corrected chi connectivity index (χ1v) is 11.7. The minimum Gasteiger partial charge on any atom is -0.369 e. The zero-order valence-electron chi connectivity index (χ0n) is 18.1. The van der Waals surface area contributed by atoms with Crippen LogP contribution in [0.15, 0.2) is 85.1 Å². The highest BCUT2D eigenvalue weighted by atomic mass is 32.1. The van der Waals surface area contributed by atoms with Gasteiger partial charge in [0.15, 0.2) is 4.96 Å². The maximum absolute atomic E-state index is 13.1. The summed E-state index contributed by atoms with van der Waals surface area (Å²) in [6.07, 6.45) is 1.85. The minimum absolute atomic E-state index is 0.251. The summed E-state index contributed by atoms with van der Waals surface area (Å²) < 4.78 is 24.3. The molecule has 0 atom stereocenters. The van der Waals surface area contributed by atoms with Crippen molar-refractivity contribution in [2.45, 2.75) is 19.8 Å². The Morgan fingerprint density at radius 1 is 0.882 bits per heavy atom. The quantitative estimate of drug-likeness (QED) is 0.300. The second-order valence-electron chi connectivity index (χ2n) is 7.99. The molecule has 34 heavy (non-hydrogen) atoms. The Morgan fingerprint density at radius 2 is 1.68 bits per heavy atom. The third-order valence-electron chi connectivity index (χ3n) is 5.63. The maximum atomic E-state index is 13.1. The van der Waals surface area contributed by atoms with Crippen LogP contribution in [0.1, 0.15) is 17.0 Å². The number of hydrogen-bond acceptors (Lipinski definition) is 5. The van der Waals surface area contributed by atoms with Gasteiger partial charge in [0, 0.05) is 5.56 Å². The van der Waals surface area contributed by atoms with E-state index in [1.54, 1.807) is 28.2 Å². The molecule has 0 radical (unpaired) electrons. The zero-order valence-corrected chi connectivity index (χ0v) is 19.0. The van der Waals surface area contributed by atoms with E-state index in [0.717, 1.165) is 38.7 Å². The number of thiazole rings is 1. The number of ether oxygens (including phenoxy) is 1. The van der Waals surface area contributed by atoms with Crippen molar-refractivity contribution in [3.05, 3.63) is 108 Å². The normalized spacial score (nSPS) is 11.6. The molecule has 0 bridgehead atoms. The van der Waals surface area contributed by atoms with Crippen molar-refractivity contribution in [1.29, 1.82) is 0 Å². The zero-order chi connectivity index (χ0) is 22.9. The number of fused-ring (bicyclic) bond motifs is 3. The van der Waals surface area contributed by atoms with Crippen molar-refractivity contribution >= 4 is 26.5 Å². The number of halogens is 1. The molecule has 3 heterocycles. The average molecular weight is 470 g/mol. The van der Waals surface area contributed by atoms with Crippen LogP contribution in [-0.2, 0) is 24.5 Å². The third-order valence-corrected chi connectivity index (χ3v) is 6.65. The van der Waals surface area contributed by atoms with Crippen molar-refractivity contribution in [1.82, 2.24) is 24.4 Å². The lowest BCUT2D eigenvalue weighted by Gasteiger charge is -2.06. The third kappa shape index (κ3) is 3.98. The Hall–Kier alpha value is -3.88. The Labute approximate surface area is 198 Å². The molecule has 0 fully saturated rings. The fraction of sp³-hybridized carbons (Fsp3) is 0.115. The van der Waals surface area contributed by atoms with Gasteiger partial charge in [-0.15, -0.1) is 5.10 Å². The van der Waals surface area contributed by atoms with Crippen LogP contribution in [0, 0.1) is 5.82 Å². The van der Waals surface area contributed by atoms with E-state index in [1.165, 1.54) is 16.8 Å². The van der Waals surface area contributed by atoms with Crippen molar-refractivity contribution in [2.75, 3.05) is 0 Å². The van der Waals surface area contributed by atoms with Crippen molar-refractivity contribution in [3.63, 3.8) is 0 Å². The van der Waals surface area contributed by atoms with Crippen LogP contribution in [0.4, 0.5) is 4.39 Å². The smallest absolute Gasteiger partial charge is 0.195 e. The number of nitrogens with zero attached hydrogens (tertiary/aromatic N) is 5. The number of aromatic nitrogens is 5. The lowest BCUT2D eigenvalue weighted by Crippen LogP contribution is -2.00. The molecular weight excluding hydrogens is 449 g/mol. The van der Waals surface area contributed by atoms with Gasteiger partial charge in [-0.3, -0.25) is 4.40 Å². The summed E-state index contributed by atoms with van der Waals surface area (Å²) in [5.41, 5.74) is 5.82. The lowest BCUT2D eigenvalue weighted by atomic mass is 10.1. The fourth-order valence-electron chi connectivity index (χ4n) is 4.05. The Bertz CT molecular complexity index is 1570. The highest BCUT2D eigenvalue weighted by Crippen LogP contribution is 2.33. The lowest BCUT2D eigenvalue weighted by molar-refractivity contribution is 0.102. The van der Waals surface area contributed by atoms with Crippen molar-refractivity contribution in [3.8, 4) is 11.3 Å². The number of benzene rings is 3. The molecule has 0 aliphatic rings. The summed E-state index contributed by atoms with van der Waals surface area (Å²) in [4.78, 5) is 5.89. The summed E-state index contributed by atoms with van der Waals surface area (Å²) in [7, 11) is 0. The summed E-state index contributed by atoms with van der Waals surface area (Å²) in [6.45, 7) is 1.24. The van der Waals surface area contributed by atoms with Crippen LogP contribution in [0.2, 0.25) is 0 Å². The first-order valence-electron chi connectivity index (χ1n) is 10.9. The van der Waals surface area contributed by atoms with E-state index < -0.39 is 0 Å². The summed E-state index contributed by atoms with van der Waals surface area (Å²) >= 11 is 1.67. The van der Waals surface area contributed by atoms with Gasteiger partial charge in [-0.05, 0) is 29.8 Å². The van der Waals surface area contributed by atoms with E-state index in [1.807, 2.05) is 36.5 Å². The molecule has 0 aliphatic heterocycles. The molecule has 0 unspecified atom stereocenters. The summed E-state index contributed by atoms with van der Waals surface area (Å²) in [5.74, 6) is -0.251. The molecule has 0 amide bonds. The van der Waals surface area contributed by atoms with Crippen LogP contribution in [0.5, 0.6) is 0 Å². The number of hydrogen-bond donors (Lipinski definition) is 0. The van der Waals surface area contributed by atoms with E-state index in [2.05, 4.69) is 39.0 Å². The van der Waals surface area contributed by atoms with Gasteiger partial charge in [0.25, 0.3) is 0 Å². The minimum atomic E-state index is -0.251. The molecule has 6 nitrogen and oxygen atoms in total. The van der Waals surface area contributed by atoms with Gasteiger partial charge in [-0.2, -0.15) is 0 Å². The molecule has 3 aromatic carbocycles. The van der Waals surface area contributed by atoms with Crippen LogP contribution >= 0.6 is 11.3 Å². The Morgan fingerprint density at radius 3 is 2.53 bits per heavy atom. The number of para-hydroxylation sites is 1. The molecule has 6 aromatic rings. The largest absolute Gasteiger partial charge is 0.369 e. The maximum Gasteiger partial charge on any atom is 0.195 e. The summed E-state index contributed by atoms with van der Waals surface area (Å²) in [5, 5.41) is 8.40. The molecular formula is C26H20FN5OS. The predicted molar refractivity (Wildman–Crippen MR) is 130 cm³/mol. The molecule has 0 N–H and O–H groups in total. The SMILES string of the molecule is Fc1ccc(Cn2cc(COCc3c(-c4ccccc4)nc4sc5ccccc5n34)nn2)cc1. The Balaban J connectivity index is 1.24. The van der Waals surface area contributed by atoms with E-state index in [0.29, 0.717) is 19.8 Å². The van der Waals surface area contributed by atoms with Gasteiger partial charge < -0.3 is 4.74 Å². The van der Waals surface area contributed by atoms with E-state index in [-0.39, 0.29) is 5.82 Å². The van der Waals surface area contributed by atoms with Gasteiger partial charge in [-0.1, -0.05) is 71.1 Å². The highest BCUT2D eigenvalue weighted by molar-refractivity contribution is 7.23. The number of rotatable bonds is 7. The monoisotopic (exact) mass is 469 g/mol. The molecule has 0 saturated heterocycles. The Kier molecular flexibility index (Phi) is 5.37. The second kappa shape index (κ2) is 8.81. The molecule has 8 heteroatoms. The van der Waals surface area contributed by atoms with Gasteiger partial charge in [-0.25, -0.2) is 14.1 Å². The van der Waals surface area contributed by atoms with Gasteiger partial charge in [0.05, 0.1) is 47.6 Å². The highest BCUT2D eigenvalue weighted by Gasteiger charge is 2.18. The van der Waals surface area contributed by atoms with Crippen LogP contribution in [0.25, 0.3) is 26.4 Å². The van der Waals surface area contributed by atoms with Crippen LogP contribution < -0.4 is 0 Å². The molecule has 168 valence electrons. The van der Waals surface area contributed by atoms with E-state index in [9.17, 15) is 4.39 Å². The number of imidazole rings is 1.